The average Bonchev–Trinajstić information content (AvgIpc) is 2.62. The maximum atomic E-state index is 13.0. The van der Waals surface area contributed by atoms with Gasteiger partial charge in [0.15, 0.2) is 5.78 Å². The van der Waals surface area contributed by atoms with Crippen LogP contribution in [-0.4, -0.2) is 23.9 Å². The number of anilines is 1. The zero-order valence-corrected chi connectivity index (χ0v) is 14.8. The van der Waals surface area contributed by atoms with E-state index in [0.29, 0.717) is 0 Å². The van der Waals surface area contributed by atoms with Crippen LogP contribution in [0.3, 0.4) is 0 Å². The molecular formula is C21H23FN2O. The van der Waals surface area contributed by atoms with Crippen LogP contribution >= 0.6 is 0 Å². The second-order valence-corrected chi connectivity index (χ2v) is 6.69. The molecule has 0 N–H and O–H groups in total. The van der Waals surface area contributed by atoms with Gasteiger partial charge >= 0.3 is 0 Å². The fraction of sp³-hybridized carbons (Fsp3) is 0.333. The number of benzene rings is 1. The molecule has 0 bridgehead atoms. The van der Waals surface area contributed by atoms with Crippen LogP contribution in [0, 0.1) is 25.6 Å². The van der Waals surface area contributed by atoms with Crippen molar-refractivity contribution in [2.75, 3.05) is 18.0 Å². The zero-order valence-electron chi connectivity index (χ0n) is 14.8. The second-order valence-electron chi connectivity index (χ2n) is 6.69. The lowest BCUT2D eigenvalue weighted by atomic mass is 9.86. The first-order chi connectivity index (χ1) is 12.0. The summed E-state index contributed by atoms with van der Waals surface area (Å²) in [7, 11) is 0. The minimum absolute atomic E-state index is 0.0239. The molecule has 1 aromatic heterocycles. The summed E-state index contributed by atoms with van der Waals surface area (Å²) in [6, 6.07) is 7.14. The first-order valence-corrected chi connectivity index (χ1v) is 8.64. The topological polar surface area (TPSA) is 33.2 Å². The van der Waals surface area contributed by atoms with E-state index in [4.69, 9.17) is 0 Å². The van der Waals surface area contributed by atoms with Crippen LogP contribution in [0.25, 0.3) is 6.08 Å². The molecule has 0 unspecified atom stereocenters. The maximum absolute atomic E-state index is 13.0. The fourth-order valence-corrected chi connectivity index (χ4v) is 3.50. The number of halogens is 1. The lowest BCUT2D eigenvalue weighted by molar-refractivity contribution is 0.0900. The highest BCUT2D eigenvalue weighted by Crippen LogP contribution is 2.27. The third-order valence-electron chi connectivity index (χ3n) is 5.00. The molecule has 130 valence electrons. The van der Waals surface area contributed by atoms with Gasteiger partial charge in [0.2, 0.25) is 0 Å². The van der Waals surface area contributed by atoms with E-state index >= 15 is 0 Å². The largest absolute Gasteiger partial charge is 0.357 e. The van der Waals surface area contributed by atoms with Crippen molar-refractivity contribution in [3.8, 4) is 0 Å². The number of carbonyl (C=O) groups is 1. The summed E-state index contributed by atoms with van der Waals surface area (Å²) in [5.74, 6) is 0.678. The Balaban J connectivity index is 1.71. The first kappa shape index (κ1) is 17.3. The monoisotopic (exact) mass is 338 g/mol. The molecule has 2 heterocycles. The van der Waals surface area contributed by atoms with Crippen molar-refractivity contribution in [3.05, 3.63) is 65.1 Å². The van der Waals surface area contributed by atoms with E-state index in [2.05, 4.69) is 22.5 Å². The summed E-state index contributed by atoms with van der Waals surface area (Å²) < 4.78 is 13.0. The number of ketones is 1. The Kier molecular flexibility index (Phi) is 4.98. The van der Waals surface area contributed by atoms with Gasteiger partial charge in [-0.3, -0.25) is 4.79 Å². The van der Waals surface area contributed by atoms with E-state index in [1.807, 2.05) is 19.9 Å². The smallest absolute Gasteiger partial charge is 0.166 e. The molecule has 1 aromatic carbocycles. The molecule has 3 nitrogen and oxygen atoms in total. The Morgan fingerprint density at radius 3 is 2.56 bits per heavy atom. The molecule has 0 aliphatic carbocycles. The van der Waals surface area contributed by atoms with Gasteiger partial charge in [-0.2, -0.15) is 0 Å². The number of aryl methyl sites for hydroxylation is 2. The highest BCUT2D eigenvalue weighted by molar-refractivity contribution is 6.00. The number of aromatic nitrogens is 1. The SMILES string of the molecule is C=Cc1cc(C(=O)C2CCN(c3ccc(F)cn3)CC2)c(C)cc1C. The Morgan fingerprint density at radius 1 is 1.24 bits per heavy atom. The molecule has 1 aliphatic rings. The standard InChI is InChI=1S/C21H23FN2O/c1-4-16-12-19(15(3)11-14(16)2)21(25)17-7-9-24(10-8-17)20-6-5-18(22)13-23-20/h4-6,11-13,17H,1,7-10H2,2-3H3. The van der Waals surface area contributed by atoms with Crippen molar-refractivity contribution in [3.63, 3.8) is 0 Å². The Hall–Kier alpha value is -2.49. The zero-order chi connectivity index (χ0) is 18.0. The summed E-state index contributed by atoms with van der Waals surface area (Å²) in [5, 5.41) is 0. The predicted molar refractivity (Wildman–Crippen MR) is 99.5 cm³/mol. The number of piperidine rings is 1. The maximum Gasteiger partial charge on any atom is 0.166 e. The summed E-state index contributed by atoms with van der Waals surface area (Å²) >= 11 is 0. The summed E-state index contributed by atoms with van der Waals surface area (Å²) in [6.45, 7) is 9.37. The van der Waals surface area contributed by atoms with E-state index in [9.17, 15) is 9.18 Å². The van der Waals surface area contributed by atoms with Gasteiger partial charge in [-0.15, -0.1) is 0 Å². The van der Waals surface area contributed by atoms with Gasteiger partial charge < -0.3 is 4.90 Å². The first-order valence-electron chi connectivity index (χ1n) is 8.64. The van der Waals surface area contributed by atoms with E-state index < -0.39 is 0 Å². The fourth-order valence-electron chi connectivity index (χ4n) is 3.50. The molecule has 1 fully saturated rings. The third-order valence-corrected chi connectivity index (χ3v) is 5.00. The van der Waals surface area contributed by atoms with Crippen LogP contribution in [-0.2, 0) is 0 Å². The van der Waals surface area contributed by atoms with E-state index in [0.717, 1.165) is 54.0 Å². The van der Waals surface area contributed by atoms with E-state index in [-0.39, 0.29) is 17.5 Å². The Morgan fingerprint density at radius 2 is 1.96 bits per heavy atom. The molecular weight excluding hydrogens is 315 g/mol. The molecule has 3 rings (SSSR count). The van der Waals surface area contributed by atoms with Gasteiger partial charge in [-0.05, 0) is 61.6 Å². The lowest BCUT2D eigenvalue weighted by Crippen LogP contribution is -2.37. The molecule has 4 heteroatoms. The van der Waals surface area contributed by atoms with Crippen LogP contribution in [0.15, 0.2) is 37.0 Å². The summed E-state index contributed by atoms with van der Waals surface area (Å²) in [6.07, 6.45) is 4.61. The number of rotatable bonds is 4. The minimum atomic E-state index is -0.332. The summed E-state index contributed by atoms with van der Waals surface area (Å²) in [5.41, 5.74) is 3.98. The van der Waals surface area contributed by atoms with Crippen LogP contribution in [0.5, 0.6) is 0 Å². The second kappa shape index (κ2) is 7.18. The number of carbonyl (C=O) groups excluding carboxylic acids is 1. The number of pyridine rings is 1. The van der Waals surface area contributed by atoms with Gasteiger partial charge in [0, 0.05) is 24.6 Å². The van der Waals surface area contributed by atoms with Crippen molar-refractivity contribution in [1.82, 2.24) is 4.98 Å². The van der Waals surface area contributed by atoms with Gasteiger partial charge in [0.25, 0.3) is 0 Å². The van der Waals surface area contributed by atoms with Crippen LogP contribution < -0.4 is 4.90 Å². The van der Waals surface area contributed by atoms with Crippen molar-refractivity contribution >= 4 is 17.7 Å². The van der Waals surface area contributed by atoms with Crippen LogP contribution in [0.4, 0.5) is 10.2 Å². The number of hydrogen-bond donors (Lipinski definition) is 0. The normalized spacial score (nSPS) is 15.2. The minimum Gasteiger partial charge on any atom is -0.357 e. The van der Waals surface area contributed by atoms with Crippen molar-refractivity contribution in [2.24, 2.45) is 5.92 Å². The lowest BCUT2D eigenvalue weighted by Gasteiger charge is -2.32. The van der Waals surface area contributed by atoms with Crippen LogP contribution in [0.2, 0.25) is 0 Å². The molecule has 0 radical (unpaired) electrons. The number of nitrogens with zero attached hydrogens (tertiary/aromatic N) is 2. The Labute approximate surface area is 148 Å². The van der Waals surface area contributed by atoms with Crippen molar-refractivity contribution < 1.29 is 9.18 Å². The molecule has 25 heavy (non-hydrogen) atoms. The highest BCUT2D eigenvalue weighted by atomic mass is 19.1. The number of hydrogen-bond acceptors (Lipinski definition) is 3. The number of Topliss-reactive ketones (excluding diaryl/α,β-unsaturated/α-hetero) is 1. The Bertz CT molecular complexity index is 790. The van der Waals surface area contributed by atoms with Gasteiger partial charge in [-0.1, -0.05) is 18.7 Å². The molecule has 0 spiro atoms. The molecule has 1 saturated heterocycles. The van der Waals surface area contributed by atoms with Gasteiger partial charge in [-0.25, -0.2) is 9.37 Å². The van der Waals surface area contributed by atoms with Gasteiger partial charge in [0.1, 0.15) is 11.6 Å². The van der Waals surface area contributed by atoms with Crippen molar-refractivity contribution in [2.45, 2.75) is 26.7 Å². The van der Waals surface area contributed by atoms with Crippen LogP contribution in [0.1, 0.15) is 39.9 Å². The van der Waals surface area contributed by atoms with E-state index in [1.54, 1.807) is 12.1 Å². The molecule has 1 aliphatic heterocycles. The van der Waals surface area contributed by atoms with Crippen molar-refractivity contribution in [1.29, 1.82) is 0 Å². The van der Waals surface area contributed by atoms with E-state index in [1.165, 1.54) is 12.3 Å². The summed E-state index contributed by atoms with van der Waals surface area (Å²) in [4.78, 5) is 19.2. The molecule has 0 atom stereocenters. The third kappa shape index (κ3) is 3.63. The highest BCUT2D eigenvalue weighted by Gasteiger charge is 2.27. The van der Waals surface area contributed by atoms with Gasteiger partial charge in [0.05, 0.1) is 6.20 Å². The quantitative estimate of drug-likeness (QED) is 0.765. The average molecular weight is 338 g/mol. The molecule has 0 saturated carbocycles. The molecule has 0 amide bonds. The molecule has 2 aromatic rings. The predicted octanol–water partition coefficient (Wildman–Crippen LogP) is 4.58.